The Balaban J connectivity index is 2.97. The second-order valence-electron chi connectivity index (χ2n) is 2.54. The van der Waals surface area contributed by atoms with Crippen molar-refractivity contribution in [2.24, 2.45) is 5.11 Å². The molecular formula is C7H9N3O. The maximum Gasteiger partial charge on any atom is 0.158 e. The van der Waals surface area contributed by atoms with E-state index in [1.807, 2.05) is 0 Å². The summed E-state index contributed by atoms with van der Waals surface area (Å²) in [6, 6.07) is 0. The minimum atomic E-state index is 0.110. The van der Waals surface area contributed by atoms with Crippen molar-refractivity contribution in [2.45, 2.75) is 26.2 Å². The Bertz CT molecular complexity index is 261. The first-order valence-electron chi connectivity index (χ1n) is 3.53. The van der Waals surface area contributed by atoms with Gasteiger partial charge in [0.2, 0.25) is 0 Å². The van der Waals surface area contributed by atoms with Crippen LogP contribution in [0.15, 0.2) is 16.4 Å². The molecule has 0 spiro atoms. The summed E-state index contributed by atoms with van der Waals surface area (Å²) >= 11 is 0. The van der Waals surface area contributed by atoms with Gasteiger partial charge in [-0.25, -0.2) is 0 Å². The van der Waals surface area contributed by atoms with Gasteiger partial charge in [0.25, 0.3) is 0 Å². The van der Waals surface area contributed by atoms with Gasteiger partial charge in [-0.2, -0.15) is 0 Å². The Morgan fingerprint density at radius 1 is 1.55 bits per heavy atom. The maximum absolute atomic E-state index is 11.0. The topological polar surface area (TPSA) is 65.8 Å². The molecule has 0 unspecified atom stereocenters. The van der Waals surface area contributed by atoms with Gasteiger partial charge >= 0.3 is 0 Å². The number of carbonyl (C=O) groups is 1. The lowest BCUT2D eigenvalue weighted by atomic mass is 9.97. The second kappa shape index (κ2) is 3.21. The quantitative estimate of drug-likeness (QED) is 0.322. The summed E-state index contributed by atoms with van der Waals surface area (Å²) in [6.07, 6.45) is 2.14. The van der Waals surface area contributed by atoms with Crippen molar-refractivity contribution in [1.82, 2.24) is 0 Å². The van der Waals surface area contributed by atoms with Crippen LogP contribution in [0.2, 0.25) is 0 Å². The van der Waals surface area contributed by atoms with Gasteiger partial charge in [-0.15, -0.1) is 0 Å². The molecule has 0 saturated carbocycles. The van der Waals surface area contributed by atoms with Crippen molar-refractivity contribution >= 4 is 5.78 Å². The molecule has 0 saturated heterocycles. The van der Waals surface area contributed by atoms with Crippen molar-refractivity contribution < 1.29 is 4.79 Å². The molecule has 0 aliphatic heterocycles. The summed E-state index contributed by atoms with van der Waals surface area (Å²) in [6.45, 7) is 1.71. The molecule has 4 heteroatoms. The summed E-state index contributed by atoms with van der Waals surface area (Å²) in [7, 11) is 0. The summed E-state index contributed by atoms with van der Waals surface area (Å²) in [4.78, 5) is 13.7. The van der Waals surface area contributed by atoms with Gasteiger partial charge in [0.1, 0.15) is 0 Å². The second-order valence-corrected chi connectivity index (χ2v) is 2.54. The van der Waals surface area contributed by atoms with E-state index in [1.165, 1.54) is 0 Å². The van der Waals surface area contributed by atoms with Crippen LogP contribution in [0.4, 0.5) is 0 Å². The SMILES string of the molecule is CC1=C(N=[N+]=[N-])CCCC1=O. The highest BCUT2D eigenvalue weighted by molar-refractivity contribution is 5.96. The van der Waals surface area contributed by atoms with Crippen LogP contribution in [-0.4, -0.2) is 5.78 Å². The number of Topliss-reactive ketones (excluding diaryl/α,β-unsaturated/α-hetero) is 1. The highest BCUT2D eigenvalue weighted by Gasteiger charge is 2.14. The number of hydrogen-bond donors (Lipinski definition) is 0. The van der Waals surface area contributed by atoms with E-state index in [-0.39, 0.29) is 5.78 Å². The van der Waals surface area contributed by atoms with Gasteiger partial charge in [-0.3, -0.25) is 4.79 Å². The molecular weight excluding hydrogens is 142 g/mol. The third-order valence-electron chi connectivity index (χ3n) is 1.83. The van der Waals surface area contributed by atoms with Crippen LogP contribution in [-0.2, 0) is 4.79 Å². The molecule has 1 rings (SSSR count). The number of rotatable bonds is 1. The smallest absolute Gasteiger partial charge is 0.158 e. The number of hydrogen-bond acceptors (Lipinski definition) is 2. The van der Waals surface area contributed by atoms with Crippen molar-refractivity contribution in [1.29, 1.82) is 0 Å². The van der Waals surface area contributed by atoms with E-state index in [4.69, 9.17) is 5.53 Å². The molecule has 0 aromatic heterocycles. The Morgan fingerprint density at radius 3 is 2.91 bits per heavy atom. The first-order valence-corrected chi connectivity index (χ1v) is 3.53. The minimum absolute atomic E-state index is 0.110. The molecule has 0 aromatic rings. The molecule has 0 amide bonds. The highest BCUT2D eigenvalue weighted by atomic mass is 16.1. The molecule has 0 radical (unpaired) electrons. The normalized spacial score (nSPS) is 18.1. The highest BCUT2D eigenvalue weighted by Crippen LogP contribution is 2.22. The Morgan fingerprint density at radius 2 is 2.27 bits per heavy atom. The zero-order valence-electron chi connectivity index (χ0n) is 6.37. The van der Waals surface area contributed by atoms with Gasteiger partial charge in [-0.1, -0.05) is 5.11 Å². The first kappa shape index (κ1) is 7.82. The van der Waals surface area contributed by atoms with E-state index < -0.39 is 0 Å². The zero-order chi connectivity index (χ0) is 8.27. The monoisotopic (exact) mass is 151 g/mol. The van der Waals surface area contributed by atoms with Gasteiger partial charge in [0.05, 0.1) is 0 Å². The molecule has 0 heterocycles. The van der Waals surface area contributed by atoms with Crippen molar-refractivity contribution in [2.75, 3.05) is 0 Å². The Kier molecular flexibility index (Phi) is 2.28. The van der Waals surface area contributed by atoms with Crippen molar-refractivity contribution in [3.05, 3.63) is 21.7 Å². The molecule has 1 aliphatic carbocycles. The Hall–Kier alpha value is -1.28. The van der Waals surface area contributed by atoms with Crippen LogP contribution in [0, 0.1) is 0 Å². The van der Waals surface area contributed by atoms with E-state index >= 15 is 0 Å². The summed E-state index contributed by atoms with van der Waals surface area (Å²) in [5.74, 6) is 0.110. The standard InChI is InChI=1S/C7H9N3O/c1-5-6(9-10-8)3-2-4-7(5)11/h2-4H2,1H3. The van der Waals surface area contributed by atoms with Crippen molar-refractivity contribution in [3.63, 3.8) is 0 Å². The Labute approximate surface area is 64.5 Å². The summed E-state index contributed by atoms with van der Waals surface area (Å²) < 4.78 is 0. The average Bonchev–Trinajstić information content (AvgIpc) is 1.99. The van der Waals surface area contributed by atoms with E-state index in [2.05, 4.69) is 10.0 Å². The van der Waals surface area contributed by atoms with E-state index in [0.29, 0.717) is 17.7 Å². The molecule has 0 fully saturated rings. The lowest BCUT2D eigenvalue weighted by Crippen LogP contribution is -2.07. The fraction of sp³-hybridized carbons (Fsp3) is 0.571. The minimum Gasteiger partial charge on any atom is -0.295 e. The maximum atomic E-state index is 11.0. The number of carbonyl (C=O) groups excluding carboxylic acids is 1. The number of azide groups is 1. The van der Waals surface area contributed by atoms with E-state index in [9.17, 15) is 4.79 Å². The molecule has 0 N–H and O–H groups in total. The lowest BCUT2D eigenvalue weighted by molar-refractivity contribution is -0.116. The van der Waals surface area contributed by atoms with E-state index in [1.54, 1.807) is 6.92 Å². The largest absolute Gasteiger partial charge is 0.295 e. The van der Waals surface area contributed by atoms with Crippen LogP contribution >= 0.6 is 0 Å². The number of allylic oxidation sites excluding steroid dienone is 2. The van der Waals surface area contributed by atoms with Gasteiger partial charge < -0.3 is 0 Å². The molecule has 4 nitrogen and oxygen atoms in total. The van der Waals surface area contributed by atoms with Crippen LogP contribution in [0.3, 0.4) is 0 Å². The fourth-order valence-electron chi connectivity index (χ4n) is 1.13. The molecule has 1 aliphatic rings. The lowest BCUT2D eigenvalue weighted by Gasteiger charge is -2.11. The van der Waals surface area contributed by atoms with Crippen LogP contribution in [0.1, 0.15) is 26.2 Å². The predicted molar refractivity (Wildman–Crippen MR) is 40.7 cm³/mol. The predicted octanol–water partition coefficient (Wildman–Crippen LogP) is 2.32. The van der Waals surface area contributed by atoms with Crippen LogP contribution in [0.25, 0.3) is 10.4 Å². The van der Waals surface area contributed by atoms with Gasteiger partial charge in [0.15, 0.2) is 5.78 Å². The molecule has 0 atom stereocenters. The number of nitrogens with zero attached hydrogens (tertiary/aromatic N) is 3. The third-order valence-corrected chi connectivity index (χ3v) is 1.83. The summed E-state index contributed by atoms with van der Waals surface area (Å²) in [5.41, 5.74) is 9.38. The van der Waals surface area contributed by atoms with Crippen LogP contribution < -0.4 is 0 Å². The number of ketones is 1. The first-order chi connectivity index (χ1) is 5.25. The summed E-state index contributed by atoms with van der Waals surface area (Å²) in [5, 5.41) is 3.45. The van der Waals surface area contributed by atoms with Crippen LogP contribution in [0.5, 0.6) is 0 Å². The average molecular weight is 151 g/mol. The van der Waals surface area contributed by atoms with Gasteiger partial charge in [0, 0.05) is 17.0 Å². The molecule has 0 aromatic carbocycles. The third kappa shape index (κ3) is 1.59. The van der Waals surface area contributed by atoms with Gasteiger partial charge in [-0.05, 0) is 30.9 Å². The van der Waals surface area contributed by atoms with Crippen molar-refractivity contribution in [3.8, 4) is 0 Å². The zero-order valence-corrected chi connectivity index (χ0v) is 6.37. The van der Waals surface area contributed by atoms with E-state index in [0.717, 1.165) is 12.8 Å². The molecule has 0 bridgehead atoms. The fourth-order valence-corrected chi connectivity index (χ4v) is 1.13. The molecule has 11 heavy (non-hydrogen) atoms. The molecule has 58 valence electrons.